The highest BCUT2D eigenvalue weighted by atomic mass is 16.5. The number of hydrogen-bond acceptors (Lipinski definition) is 3. The summed E-state index contributed by atoms with van der Waals surface area (Å²) in [6, 6.07) is 20.0. The molecule has 27 heavy (non-hydrogen) atoms. The Balaban J connectivity index is 1.77. The maximum atomic E-state index is 12.5. The van der Waals surface area contributed by atoms with Crippen LogP contribution in [-0.2, 0) is 6.54 Å². The molecule has 0 unspecified atom stereocenters. The van der Waals surface area contributed by atoms with Gasteiger partial charge in [-0.05, 0) is 47.0 Å². The summed E-state index contributed by atoms with van der Waals surface area (Å²) < 4.78 is 7.75. The fraction of sp³-hybridized carbons (Fsp3) is 0.130. The predicted molar refractivity (Wildman–Crippen MR) is 109 cm³/mol. The topological polar surface area (TPSA) is 44.1 Å². The molecular weight excluding hydrogens is 336 g/mol. The smallest absolute Gasteiger partial charge is 0.281 e. The summed E-state index contributed by atoms with van der Waals surface area (Å²) in [5.74, 6) is 1.58. The Bertz CT molecular complexity index is 1280. The van der Waals surface area contributed by atoms with Crippen molar-refractivity contribution in [1.82, 2.24) is 9.55 Å². The third-order valence-corrected chi connectivity index (χ3v) is 5.25. The zero-order valence-corrected chi connectivity index (χ0v) is 15.0. The molecule has 0 bridgehead atoms. The summed E-state index contributed by atoms with van der Waals surface area (Å²) in [7, 11) is 1.69. The van der Waals surface area contributed by atoms with E-state index in [2.05, 4.69) is 33.8 Å². The number of methoxy groups -OCH3 is 1. The number of nitrogens with zero attached hydrogens (tertiary/aromatic N) is 2. The van der Waals surface area contributed by atoms with Crippen LogP contribution in [0, 0.1) is 0 Å². The Hall–Kier alpha value is -3.40. The molecule has 0 N–H and O–H groups in total. The van der Waals surface area contributed by atoms with Crippen molar-refractivity contribution in [2.24, 2.45) is 0 Å². The van der Waals surface area contributed by atoms with Crippen LogP contribution in [0.3, 0.4) is 0 Å². The van der Waals surface area contributed by atoms with Crippen molar-refractivity contribution < 1.29 is 4.74 Å². The first-order chi connectivity index (χ1) is 13.3. The second-order valence-electron chi connectivity index (χ2n) is 6.73. The van der Waals surface area contributed by atoms with Crippen LogP contribution in [0.2, 0.25) is 0 Å². The summed E-state index contributed by atoms with van der Waals surface area (Å²) >= 11 is 0. The number of rotatable bonds is 2. The molecule has 1 aromatic heterocycles. The molecule has 4 aromatic rings. The monoisotopic (exact) mass is 354 g/mol. The van der Waals surface area contributed by atoms with Crippen LogP contribution in [0.5, 0.6) is 5.75 Å². The maximum absolute atomic E-state index is 12.5. The van der Waals surface area contributed by atoms with Crippen molar-refractivity contribution in [3.8, 4) is 5.75 Å². The fourth-order valence-corrected chi connectivity index (χ4v) is 3.95. The largest absolute Gasteiger partial charge is 0.496 e. The third-order valence-electron chi connectivity index (χ3n) is 5.25. The number of hydrogen-bond donors (Lipinski definition) is 0. The first-order valence-electron chi connectivity index (χ1n) is 9.02. The van der Waals surface area contributed by atoms with Crippen LogP contribution in [0.25, 0.3) is 33.3 Å². The number of allylic oxidation sites excluding steroid dienone is 1. The molecule has 0 saturated carbocycles. The van der Waals surface area contributed by atoms with Crippen molar-refractivity contribution in [2.75, 3.05) is 7.11 Å². The number of aryl methyl sites for hydroxylation is 1. The SMILES string of the molecule is COc1ccc2ccccc2c1/C=C1/CCn2c1nc(=O)c1ccccc12. The van der Waals surface area contributed by atoms with Crippen molar-refractivity contribution in [2.45, 2.75) is 13.0 Å². The number of para-hydroxylation sites is 1. The Morgan fingerprint density at radius 1 is 1.00 bits per heavy atom. The minimum absolute atomic E-state index is 0.172. The van der Waals surface area contributed by atoms with Gasteiger partial charge in [-0.25, -0.2) is 0 Å². The van der Waals surface area contributed by atoms with Gasteiger partial charge in [0.05, 0.1) is 18.0 Å². The average Bonchev–Trinajstić information content (AvgIpc) is 3.11. The summed E-state index contributed by atoms with van der Waals surface area (Å²) in [6.07, 6.45) is 2.97. The van der Waals surface area contributed by atoms with Gasteiger partial charge in [0.2, 0.25) is 0 Å². The molecule has 4 heteroatoms. The van der Waals surface area contributed by atoms with Crippen molar-refractivity contribution in [1.29, 1.82) is 0 Å². The van der Waals surface area contributed by atoms with Gasteiger partial charge in [0, 0.05) is 12.1 Å². The molecule has 0 amide bonds. The average molecular weight is 354 g/mol. The normalized spacial score (nSPS) is 14.8. The Kier molecular flexibility index (Phi) is 3.57. The third kappa shape index (κ3) is 2.45. The molecule has 0 fully saturated rings. The summed E-state index contributed by atoms with van der Waals surface area (Å²) in [6.45, 7) is 0.821. The molecule has 1 aliphatic rings. The van der Waals surface area contributed by atoms with Gasteiger partial charge in [0.25, 0.3) is 5.56 Å². The molecule has 0 saturated heterocycles. The van der Waals surface area contributed by atoms with Gasteiger partial charge >= 0.3 is 0 Å². The van der Waals surface area contributed by atoms with Gasteiger partial charge in [0.1, 0.15) is 11.6 Å². The van der Waals surface area contributed by atoms with Gasteiger partial charge < -0.3 is 9.30 Å². The molecule has 0 radical (unpaired) electrons. The second-order valence-corrected chi connectivity index (χ2v) is 6.73. The van der Waals surface area contributed by atoms with E-state index in [1.54, 1.807) is 7.11 Å². The fourth-order valence-electron chi connectivity index (χ4n) is 3.95. The van der Waals surface area contributed by atoms with Crippen molar-refractivity contribution in [3.05, 3.63) is 82.4 Å². The van der Waals surface area contributed by atoms with E-state index in [0.717, 1.165) is 52.0 Å². The van der Waals surface area contributed by atoms with Crippen LogP contribution < -0.4 is 10.3 Å². The zero-order valence-electron chi connectivity index (χ0n) is 15.0. The van der Waals surface area contributed by atoms with Crippen molar-refractivity contribution in [3.63, 3.8) is 0 Å². The number of benzene rings is 3. The lowest BCUT2D eigenvalue weighted by Gasteiger charge is -2.10. The maximum Gasteiger partial charge on any atom is 0.281 e. The molecule has 132 valence electrons. The van der Waals surface area contributed by atoms with Gasteiger partial charge in [0.15, 0.2) is 0 Å². The van der Waals surface area contributed by atoms with Gasteiger partial charge in [-0.3, -0.25) is 4.79 Å². The second kappa shape index (κ2) is 6.09. The van der Waals surface area contributed by atoms with Crippen LogP contribution in [0.4, 0.5) is 0 Å². The van der Waals surface area contributed by atoms with E-state index in [1.807, 2.05) is 42.5 Å². The van der Waals surface area contributed by atoms with Crippen LogP contribution in [0.1, 0.15) is 17.8 Å². The quantitative estimate of drug-likeness (QED) is 0.532. The molecule has 3 aromatic carbocycles. The van der Waals surface area contributed by atoms with Crippen LogP contribution in [0.15, 0.2) is 65.5 Å². The van der Waals surface area contributed by atoms with E-state index in [4.69, 9.17) is 4.74 Å². The molecule has 5 rings (SSSR count). The summed E-state index contributed by atoms with van der Waals surface area (Å²) in [5.41, 5.74) is 2.87. The van der Waals surface area contributed by atoms with E-state index in [1.165, 1.54) is 0 Å². The zero-order chi connectivity index (χ0) is 18.4. The number of fused-ring (bicyclic) bond motifs is 4. The minimum atomic E-state index is -0.172. The highest BCUT2D eigenvalue weighted by Crippen LogP contribution is 2.35. The number of aromatic nitrogens is 2. The lowest BCUT2D eigenvalue weighted by Crippen LogP contribution is -2.14. The predicted octanol–water partition coefficient (Wildman–Crippen LogP) is 4.50. The Labute approximate surface area is 156 Å². The molecular formula is C23H18N2O2. The minimum Gasteiger partial charge on any atom is -0.496 e. The summed E-state index contributed by atoms with van der Waals surface area (Å²) in [4.78, 5) is 16.9. The van der Waals surface area contributed by atoms with E-state index >= 15 is 0 Å². The molecule has 0 atom stereocenters. The molecule has 1 aliphatic heterocycles. The number of ether oxygens (including phenoxy) is 1. The highest BCUT2D eigenvalue weighted by Gasteiger charge is 2.21. The van der Waals surface area contributed by atoms with Crippen LogP contribution >= 0.6 is 0 Å². The van der Waals surface area contributed by atoms with Crippen molar-refractivity contribution >= 4 is 33.3 Å². The highest BCUT2D eigenvalue weighted by molar-refractivity contribution is 5.98. The molecule has 2 heterocycles. The summed E-state index contributed by atoms with van der Waals surface area (Å²) in [5, 5.41) is 2.96. The molecule has 0 spiro atoms. The lowest BCUT2D eigenvalue weighted by molar-refractivity contribution is 0.414. The van der Waals surface area contributed by atoms with E-state index in [9.17, 15) is 4.79 Å². The lowest BCUT2D eigenvalue weighted by atomic mass is 10.0. The van der Waals surface area contributed by atoms with Gasteiger partial charge in [-0.2, -0.15) is 4.98 Å². The molecule has 0 aliphatic carbocycles. The molecule has 4 nitrogen and oxygen atoms in total. The van der Waals surface area contributed by atoms with E-state index < -0.39 is 0 Å². The Morgan fingerprint density at radius 3 is 2.63 bits per heavy atom. The van der Waals surface area contributed by atoms with Gasteiger partial charge in [-0.1, -0.05) is 42.5 Å². The van der Waals surface area contributed by atoms with Crippen LogP contribution in [-0.4, -0.2) is 16.7 Å². The first-order valence-corrected chi connectivity index (χ1v) is 9.02. The Morgan fingerprint density at radius 2 is 1.78 bits per heavy atom. The van der Waals surface area contributed by atoms with E-state index in [0.29, 0.717) is 5.39 Å². The first kappa shape index (κ1) is 15.8. The standard InChI is InChI=1S/C23H18N2O2/c1-27-21-11-10-15-6-2-3-7-17(15)19(21)14-16-12-13-25-20-9-5-4-8-18(20)23(26)24-22(16)25/h2-11,14H,12-13H2,1H3/b16-14-. The van der Waals surface area contributed by atoms with Gasteiger partial charge in [-0.15, -0.1) is 0 Å². The van der Waals surface area contributed by atoms with E-state index in [-0.39, 0.29) is 5.56 Å².